The van der Waals surface area contributed by atoms with Crippen LogP contribution in [0.2, 0.25) is 5.02 Å². The van der Waals surface area contributed by atoms with Crippen LogP contribution in [-0.2, 0) is 4.79 Å². The number of aromatic nitrogens is 3. The molecule has 10 heteroatoms. The average Bonchev–Trinajstić information content (AvgIpc) is 2.97. The Labute approximate surface area is 188 Å². The number of phenols is 1. The number of nitrogens with one attached hydrogen (secondary N) is 2. The van der Waals surface area contributed by atoms with Gasteiger partial charge in [0.25, 0.3) is 5.91 Å². The Morgan fingerprint density at radius 3 is 2.88 bits per heavy atom. The van der Waals surface area contributed by atoms with E-state index in [2.05, 4.69) is 21.9 Å². The van der Waals surface area contributed by atoms with E-state index in [4.69, 9.17) is 11.6 Å². The number of halogens is 1. The lowest BCUT2D eigenvalue weighted by Gasteiger charge is -2.26. The number of hydrogen-bond donors (Lipinski definition) is 3. The van der Waals surface area contributed by atoms with Gasteiger partial charge in [-0.05, 0) is 43.5 Å². The van der Waals surface area contributed by atoms with Gasteiger partial charge in [-0.15, -0.1) is 0 Å². The van der Waals surface area contributed by atoms with Gasteiger partial charge in [-0.3, -0.25) is 19.7 Å². The Morgan fingerprint density at radius 2 is 2.12 bits per heavy atom. The molecule has 4 rings (SSSR count). The van der Waals surface area contributed by atoms with Crippen molar-refractivity contribution >= 4 is 40.4 Å². The summed E-state index contributed by atoms with van der Waals surface area (Å²) in [5, 5.41) is 13.1. The number of fused-ring (bicyclic) bond motifs is 1. The minimum Gasteiger partial charge on any atom is -0.506 e. The molecule has 3 N–H and O–H groups in total. The molecule has 2 aromatic heterocycles. The van der Waals surface area contributed by atoms with Crippen molar-refractivity contribution < 1.29 is 14.7 Å². The summed E-state index contributed by atoms with van der Waals surface area (Å²) < 4.78 is 1.76. The predicted octanol–water partition coefficient (Wildman–Crippen LogP) is 3.08. The van der Waals surface area contributed by atoms with Crippen molar-refractivity contribution in [2.75, 3.05) is 18.4 Å². The van der Waals surface area contributed by atoms with Gasteiger partial charge in [-0.2, -0.15) is 0 Å². The molecule has 0 radical (unpaired) electrons. The van der Waals surface area contributed by atoms with E-state index in [9.17, 15) is 19.5 Å². The van der Waals surface area contributed by atoms with Crippen molar-refractivity contribution in [3.8, 4) is 5.75 Å². The molecule has 1 aliphatic rings. The van der Waals surface area contributed by atoms with E-state index in [0.29, 0.717) is 30.5 Å². The second kappa shape index (κ2) is 8.88. The summed E-state index contributed by atoms with van der Waals surface area (Å²) in [6, 6.07) is 5.47. The number of rotatable bonds is 4. The van der Waals surface area contributed by atoms with Crippen molar-refractivity contribution in [1.29, 1.82) is 0 Å². The summed E-state index contributed by atoms with van der Waals surface area (Å²) in [4.78, 5) is 45.5. The molecule has 1 unspecified atom stereocenters. The average molecular weight is 456 g/mol. The maximum Gasteiger partial charge on any atom is 0.258 e. The first-order chi connectivity index (χ1) is 15.4. The molecule has 9 nitrogen and oxygen atoms in total. The molecule has 1 aliphatic heterocycles. The zero-order chi connectivity index (χ0) is 22.8. The van der Waals surface area contributed by atoms with Crippen LogP contribution in [0.15, 0.2) is 47.9 Å². The summed E-state index contributed by atoms with van der Waals surface area (Å²) >= 11 is 6.44. The van der Waals surface area contributed by atoms with E-state index >= 15 is 0 Å². The van der Waals surface area contributed by atoms with Crippen molar-refractivity contribution in [2.45, 2.75) is 25.3 Å². The first-order valence-electron chi connectivity index (χ1n) is 10.2. The minimum atomic E-state index is -0.513. The molecule has 3 aromatic rings. The lowest BCUT2D eigenvalue weighted by molar-refractivity contribution is -0.126. The van der Waals surface area contributed by atoms with Crippen molar-refractivity contribution in [3.63, 3.8) is 0 Å². The third kappa shape index (κ3) is 4.11. The summed E-state index contributed by atoms with van der Waals surface area (Å²) in [6.07, 6.45) is 5.06. The van der Waals surface area contributed by atoms with E-state index in [1.54, 1.807) is 15.5 Å². The number of carbonyl (C=O) groups excluding carboxylic acids is 2. The Balaban J connectivity index is 1.81. The third-order valence-corrected chi connectivity index (χ3v) is 5.90. The highest BCUT2D eigenvalue weighted by Gasteiger charge is 2.28. The number of amides is 2. The van der Waals surface area contributed by atoms with Gasteiger partial charge in [-0.1, -0.05) is 18.2 Å². The molecule has 2 amide bonds. The molecule has 0 saturated carbocycles. The number of pyridine rings is 1. The zero-order valence-corrected chi connectivity index (χ0v) is 17.9. The van der Waals surface area contributed by atoms with E-state index in [1.807, 2.05) is 0 Å². The molecule has 3 heterocycles. The lowest BCUT2D eigenvalue weighted by Crippen LogP contribution is -2.34. The zero-order valence-electron chi connectivity index (χ0n) is 17.2. The number of aromatic hydroxyl groups is 1. The number of likely N-dealkylation sites (tertiary alicyclic amines) is 1. The van der Waals surface area contributed by atoms with Crippen LogP contribution in [0, 0.1) is 0 Å². The Hall–Kier alpha value is -3.59. The van der Waals surface area contributed by atoms with Crippen molar-refractivity contribution in [3.05, 3.63) is 64.1 Å². The second-order valence-electron chi connectivity index (χ2n) is 7.61. The van der Waals surface area contributed by atoms with Gasteiger partial charge in [0.2, 0.25) is 17.4 Å². The molecule has 0 bridgehead atoms. The highest BCUT2D eigenvalue weighted by atomic mass is 35.5. The number of nitrogens with zero attached hydrogens (tertiary/aromatic N) is 3. The van der Waals surface area contributed by atoms with Gasteiger partial charge in [0.1, 0.15) is 10.8 Å². The number of H-pyrrole nitrogens is 1. The molecular formula is C22H22ClN5O4. The Kier molecular flexibility index (Phi) is 6.00. The first kappa shape index (κ1) is 21.6. The fourth-order valence-corrected chi connectivity index (χ4v) is 4.25. The summed E-state index contributed by atoms with van der Waals surface area (Å²) in [5.41, 5.74) is 0.720. The van der Waals surface area contributed by atoms with Crippen LogP contribution in [0.3, 0.4) is 0 Å². The van der Waals surface area contributed by atoms with Crippen LogP contribution in [0.1, 0.15) is 35.7 Å². The topological polar surface area (TPSA) is 120 Å². The molecule has 32 heavy (non-hydrogen) atoms. The molecule has 1 atom stereocenters. The van der Waals surface area contributed by atoms with Crippen LogP contribution in [0.25, 0.3) is 11.0 Å². The number of phenolic OH excluding ortho intramolecular Hbond substituents is 1. The highest BCUT2D eigenvalue weighted by Crippen LogP contribution is 2.37. The largest absolute Gasteiger partial charge is 0.506 e. The van der Waals surface area contributed by atoms with E-state index < -0.39 is 11.5 Å². The number of imidazole rings is 1. The maximum atomic E-state index is 12.8. The lowest BCUT2D eigenvalue weighted by atomic mass is 10.1. The molecule has 166 valence electrons. The van der Waals surface area contributed by atoms with Crippen molar-refractivity contribution in [1.82, 2.24) is 19.4 Å². The van der Waals surface area contributed by atoms with Gasteiger partial charge >= 0.3 is 0 Å². The van der Waals surface area contributed by atoms with Crippen LogP contribution in [0.5, 0.6) is 5.75 Å². The SMILES string of the molecule is C=CC(=O)N1CCCCC(n2c(NC(=O)c3cc[nH]c(=O)c3)nc3ccc(O)c(Cl)c32)C1. The third-order valence-electron chi connectivity index (χ3n) is 5.53. The van der Waals surface area contributed by atoms with Crippen LogP contribution >= 0.6 is 11.6 Å². The maximum absolute atomic E-state index is 12.8. The number of carbonyl (C=O) groups is 2. The first-order valence-corrected chi connectivity index (χ1v) is 10.6. The van der Waals surface area contributed by atoms with Gasteiger partial charge in [0, 0.05) is 30.9 Å². The molecule has 0 aliphatic carbocycles. The fraction of sp³-hybridized carbons (Fsp3) is 0.273. The number of anilines is 1. The van der Waals surface area contributed by atoms with E-state index in [-0.39, 0.29) is 34.2 Å². The summed E-state index contributed by atoms with van der Waals surface area (Å²) in [5.74, 6) is -0.582. The second-order valence-corrected chi connectivity index (χ2v) is 7.98. The normalized spacial score (nSPS) is 16.5. The summed E-state index contributed by atoms with van der Waals surface area (Å²) in [7, 11) is 0. The highest BCUT2D eigenvalue weighted by molar-refractivity contribution is 6.36. The number of hydrogen-bond acceptors (Lipinski definition) is 5. The number of aromatic amines is 1. The Morgan fingerprint density at radius 1 is 1.31 bits per heavy atom. The predicted molar refractivity (Wildman–Crippen MR) is 121 cm³/mol. The molecule has 1 aromatic carbocycles. The minimum absolute atomic E-state index is 0.109. The number of benzene rings is 1. The molecular weight excluding hydrogens is 434 g/mol. The van der Waals surface area contributed by atoms with Crippen LogP contribution in [0.4, 0.5) is 5.95 Å². The van der Waals surface area contributed by atoms with Crippen LogP contribution < -0.4 is 10.9 Å². The molecule has 1 fully saturated rings. The molecule has 1 saturated heterocycles. The Bertz CT molecular complexity index is 1260. The smallest absolute Gasteiger partial charge is 0.258 e. The fourth-order valence-electron chi connectivity index (χ4n) is 4.00. The van der Waals surface area contributed by atoms with Gasteiger partial charge < -0.3 is 19.6 Å². The van der Waals surface area contributed by atoms with Gasteiger partial charge in [0.05, 0.1) is 17.1 Å². The quantitative estimate of drug-likeness (QED) is 0.522. The van der Waals surface area contributed by atoms with Crippen molar-refractivity contribution in [2.24, 2.45) is 0 Å². The standard InChI is InChI=1S/C22H22ClN5O4/c1-2-18(31)27-10-4-3-5-14(12-27)28-20-15(6-7-16(29)19(20)23)25-22(28)26-21(32)13-8-9-24-17(30)11-13/h2,6-9,11,14,29H,1,3-5,10,12H2,(H,24,30)(H,25,26,32). The van der Waals surface area contributed by atoms with E-state index in [1.165, 1.54) is 30.5 Å². The van der Waals surface area contributed by atoms with Crippen LogP contribution in [-0.4, -0.2) is 49.4 Å². The van der Waals surface area contributed by atoms with Gasteiger partial charge in [-0.25, -0.2) is 4.98 Å². The van der Waals surface area contributed by atoms with E-state index in [0.717, 1.165) is 12.8 Å². The summed E-state index contributed by atoms with van der Waals surface area (Å²) in [6.45, 7) is 4.55. The molecule has 0 spiro atoms. The van der Waals surface area contributed by atoms with Gasteiger partial charge in [0.15, 0.2) is 0 Å². The monoisotopic (exact) mass is 455 g/mol.